The molecule has 0 aromatic carbocycles. The summed E-state index contributed by atoms with van der Waals surface area (Å²) >= 11 is 1.14. The lowest BCUT2D eigenvalue weighted by atomic mass is 10.0. The maximum absolute atomic E-state index is 12.3. The summed E-state index contributed by atoms with van der Waals surface area (Å²) in [4.78, 5) is 39.8. The number of aliphatic carboxylic acids is 1. The Hall–Kier alpha value is -1.96. The van der Waals surface area contributed by atoms with Crippen molar-refractivity contribution in [2.24, 2.45) is 0 Å². The number of hydrogen-bond donors (Lipinski definition) is 2. The molecule has 1 fully saturated rings. The number of nitrogens with one attached hydrogen (secondary N) is 1. The van der Waals surface area contributed by atoms with E-state index in [4.69, 9.17) is 5.11 Å². The molecule has 0 bridgehead atoms. The predicted octanol–water partition coefficient (Wildman–Crippen LogP) is 1.18. The van der Waals surface area contributed by atoms with Crippen LogP contribution < -0.4 is 5.32 Å². The van der Waals surface area contributed by atoms with Gasteiger partial charge in [0.15, 0.2) is 5.13 Å². The Morgan fingerprint density at radius 3 is 2.85 bits per heavy atom. The largest absolute Gasteiger partial charge is 0.480 e. The van der Waals surface area contributed by atoms with Gasteiger partial charge in [-0.2, -0.15) is 0 Å². The molecule has 2 rings (SSSR count). The lowest BCUT2D eigenvalue weighted by Gasteiger charge is -2.32. The van der Waals surface area contributed by atoms with E-state index in [0.29, 0.717) is 18.1 Å². The van der Waals surface area contributed by atoms with E-state index in [9.17, 15) is 14.4 Å². The molecular weight excluding hydrogens is 282 g/mol. The molecule has 1 aromatic heterocycles. The summed E-state index contributed by atoms with van der Waals surface area (Å²) in [5.41, 5.74) is 0.173. The maximum Gasteiger partial charge on any atom is 0.326 e. The van der Waals surface area contributed by atoms with Crippen molar-refractivity contribution in [1.29, 1.82) is 0 Å². The standard InChI is InChI=1S/C12H15N3O4S/c1-7(16)13-12-14-8(6-20-12)10(17)15-5-3-2-4-9(15)11(18)19/h6,9H,2-5H2,1H3,(H,18,19)(H,13,14,16). The predicted molar refractivity (Wildman–Crippen MR) is 72.7 cm³/mol. The number of hydrogen-bond acceptors (Lipinski definition) is 5. The number of nitrogens with zero attached hydrogens (tertiary/aromatic N) is 2. The Labute approximate surface area is 119 Å². The van der Waals surface area contributed by atoms with E-state index in [1.165, 1.54) is 17.2 Å². The van der Waals surface area contributed by atoms with Crippen LogP contribution in [0.3, 0.4) is 0 Å². The van der Waals surface area contributed by atoms with Crippen molar-refractivity contribution in [2.75, 3.05) is 11.9 Å². The van der Waals surface area contributed by atoms with Crippen LogP contribution in [0.1, 0.15) is 36.7 Å². The van der Waals surface area contributed by atoms with E-state index in [1.807, 2.05) is 0 Å². The van der Waals surface area contributed by atoms with Gasteiger partial charge in [0.25, 0.3) is 5.91 Å². The van der Waals surface area contributed by atoms with Crippen molar-refractivity contribution < 1.29 is 19.5 Å². The smallest absolute Gasteiger partial charge is 0.326 e. The van der Waals surface area contributed by atoms with Gasteiger partial charge < -0.3 is 15.3 Å². The minimum absolute atomic E-state index is 0.173. The van der Waals surface area contributed by atoms with Gasteiger partial charge in [-0.05, 0) is 19.3 Å². The molecule has 7 nitrogen and oxygen atoms in total. The molecule has 8 heteroatoms. The Morgan fingerprint density at radius 2 is 2.20 bits per heavy atom. The molecule has 1 aliphatic heterocycles. The van der Waals surface area contributed by atoms with Crippen molar-refractivity contribution >= 4 is 34.3 Å². The molecule has 0 spiro atoms. The first kappa shape index (κ1) is 14.4. The third kappa shape index (κ3) is 3.13. The maximum atomic E-state index is 12.3. The molecule has 2 N–H and O–H groups in total. The molecule has 2 heterocycles. The molecule has 1 atom stereocenters. The second-order valence-corrected chi connectivity index (χ2v) is 5.43. The van der Waals surface area contributed by atoms with Crippen LogP contribution in [0.5, 0.6) is 0 Å². The van der Waals surface area contributed by atoms with Crippen LogP contribution in [0.4, 0.5) is 5.13 Å². The molecule has 1 saturated heterocycles. The molecular formula is C12H15N3O4S. The number of aromatic nitrogens is 1. The topological polar surface area (TPSA) is 99.6 Å². The van der Waals surface area contributed by atoms with Gasteiger partial charge in [0, 0.05) is 18.8 Å². The van der Waals surface area contributed by atoms with E-state index < -0.39 is 17.9 Å². The van der Waals surface area contributed by atoms with Crippen LogP contribution in [0.15, 0.2) is 5.38 Å². The van der Waals surface area contributed by atoms with Gasteiger partial charge in [0.2, 0.25) is 5.91 Å². The number of amides is 2. The van der Waals surface area contributed by atoms with Crippen LogP contribution in [0.2, 0.25) is 0 Å². The van der Waals surface area contributed by atoms with Gasteiger partial charge in [-0.3, -0.25) is 9.59 Å². The van der Waals surface area contributed by atoms with Gasteiger partial charge in [-0.1, -0.05) is 0 Å². The third-order valence-electron chi connectivity index (χ3n) is 3.05. The highest BCUT2D eigenvalue weighted by Crippen LogP contribution is 2.22. The minimum atomic E-state index is -0.990. The zero-order chi connectivity index (χ0) is 14.7. The highest BCUT2D eigenvalue weighted by atomic mass is 32.1. The van der Waals surface area contributed by atoms with Crippen LogP contribution in [0.25, 0.3) is 0 Å². The van der Waals surface area contributed by atoms with E-state index in [1.54, 1.807) is 0 Å². The van der Waals surface area contributed by atoms with Crippen LogP contribution in [-0.2, 0) is 9.59 Å². The summed E-state index contributed by atoms with van der Waals surface area (Å²) in [6.45, 7) is 1.77. The van der Waals surface area contributed by atoms with Crippen molar-refractivity contribution in [3.05, 3.63) is 11.1 Å². The first-order valence-corrected chi connectivity index (χ1v) is 7.14. The molecule has 0 saturated carbocycles. The Kier molecular flexibility index (Phi) is 4.33. The van der Waals surface area contributed by atoms with E-state index >= 15 is 0 Å². The van der Waals surface area contributed by atoms with Crippen molar-refractivity contribution in [2.45, 2.75) is 32.2 Å². The SMILES string of the molecule is CC(=O)Nc1nc(C(=O)N2CCCCC2C(=O)O)cs1. The second kappa shape index (κ2) is 6.00. The van der Waals surface area contributed by atoms with E-state index in [-0.39, 0.29) is 11.6 Å². The number of thiazole rings is 1. The zero-order valence-corrected chi connectivity index (χ0v) is 11.8. The molecule has 1 unspecified atom stereocenters. The van der Waals surface area contributed by atoms with Crippen molar-refractivity contribution in [1.82, 2.24) is 9.88 Å². The summed E-state index contributed by atoms with van der Waals surface area (Å²) in [5.74, 6) is -1.65. The number of carbonyl (C=O) groups excluding carboxylic acids is 2. The summed E-state index contributed by atoms with van der Waals surface area (Å²) in [5, 5.41) is 13.5. The highest BCUT2D eigenvalue weighted by Gasteiger charge is 2.33. The number of carboxylic acid groups (broad SMARTS) is 1. The fourth-order valence-electron chi connectivity index (χ4n) is 2.16. The van der Waals surface area contributed by atoms with Crippen LogP contribution >= 0.6 is 11.3 Å². The average Bonchev–Trinajstić information content (AvgIpc) is 2.85. The Balaban J connectivity index is 2.14. The molecule has 1 aliphatic rings. The fraction of sp³-hybridized carbons (Fsp3) is 0.500. The van der Waals surface area contributed by atoms with Gasteiger partial charge in [-0.25, -0.2) is 9.78 Å². The third-order valence-corrected chi connectivity index (χ3v) is 3.81. The lowest BCUT2D eigenvalue weighted by molar-refractivity contribution is -0.143. The first-order chi connectivity index (χ1) is 9.49. The van der Waals surface area contributed by atoms with Gasteiger partial charge in [0.1, 0.15) is 11.7 Å². The summed E-state index contributed by atoms with van der Waals surface area (Å²) in [6.07, 6.45) is 2.05. The molecule has 20 heavy (non-hydrogen) atoms. The van der Waals surface area contributed by atoms with Crippen LogP contribution in [-0.4, -0.2) is 45.4 Å². The average molecular weight is 297 g/mol. The van der Waals surface area contributed by atoms with E-state index in [0.717, 1.165) is 24.2 Å². The molecule has 0 aliphatic carbocycles. The number of likely N-dealkylation sites (tertiary alicyclic amines) is 1. The number of anilines is 1. The number of piperidine rings is 1. The number of rotatable bonds is 3. The molecule has 1 aromatic rings. The summed E-state index contributed by atoms with van der Waals surface area (Å²) in [6, 6.07) is -0.790. The van der Waals surface area contributed by atoms with Crippen LogP contribution in [0, 0.1) is 0 Å². The molecule has 2 amide bonds. The molecule has 0 radical (unpaired) electrons. The highest BCUT2D eigenvalue weighted by molar-refractivity contribution is 7.14. The zero-order valence-electron chi connectivity index (χ0n) is 11.0. The van der Waals surface area contributed by atoms with E-state index in [2.05, 4.69) is 10.3 Å². The van der Waals surface area contributed by atoms with Gasteiger partial charge in [-0.15, -0.1) is 11.3 Å². The summed E-state index contributed by atoms with van der Waals surface area (Å²) < 4.78 is 0. The number of carboxylic acids is 1. The summed E-state index contributed by atoms with van der Waals surface area (Å²) in [7, 11) is 0. The Morgan fingerprint density at radius 1 is 1.45 bits per heavy atom. The molecule has 108 valence electrons. The quantitative estimate of drug-likeness (QED) is 0.872. The van der Waals surface area contributed by atoms with Gasteiger partial charge in [0.05, 0.1) is 0 Å². The second-order valence-electron chi connectivity index (χ2n) is 4.57. The van der Waals surface area contributed by atoms with Crippen molar-refractivity contribution in [3.8, 4) is 0 Å². The van der Waals surface area contributed by atoms with Crippen molar-refractivity contribution in [3.63, 3.8) is 0 Å². The minimum Gasteiger partial charge on any atom is -0.480 e. The normalized spacial score (nSPS) is 18.6. The fourth-order valence-corrected chi connectivity index (χ4v) is 2.89. The lowest BCUT2D eigenvalue weighted by Crippen LogP contribution is -2.48. The number of carbonyl (C=O) groups is 3. The monoisotopic (exact) mass is 297 g/mol. The first-order valence-electron chi connectivity index (χ1n) is 6.26. The van der Waals surface area contributed by atoms with Gasteiger partial charge >= 0.3 is 5.97 Å². The Bertz CT molecular complexity index is 543.